The third-order valence-corrected chi connectivity index (χ3v) is 10.2. The summed E-state index contributed by atoms with van der Waals surface area (Å²) in [5, 5.41) is 3.25. The maximum atomic E-state index is 6.72. The number of benzene rings is 1. The van der Waals surface area contributed by atoms with Gasteiger partial charge in [-0.3, -0.25) is 0 Å². The van der Waals surface area contributed by atoms with Crippen molar-refractivity contribution >= 4 is 51.9 Å². The number of anilines is 1. The van der Waals surface area contributed by atoms with Crippen LogP contribution in [0.3, 0.4) is 0 Å². The van der Waals surface area contributed by atoms with Gasteiger partial charge in [0.15, 0.2) is 4.50 Å². The van der Waals surface area contributed by atoms with E-state index in [1.807, 2.05) is 11.3 Å². The lowest BCUT2D eigenvalue weighted by Crippen LogP contribution is -2.25. The van der Waals surface area contributed by atoms with E-state index in [1.54, 1.807) is 11.3 Å². The maximum absolute atomic E-state index is 6.72. The number of hydrogen-bond acceptors (Lipinski definition) is 4. The molecule has 3 heterocycles. The number of rotatable bonds is 6. The van der Waals surface area contributed by atoms with Crippen molar-refractivity contribution in [2.24, 2.45) is 0 Å². The highest BCUT2D eigenvalue weighted by molar-refractivity contribution is 7.29. The van der Waals surface area contributed by atoms with E-state index in [-0.39, 0.29) is 0 Å². The standard InChI is InChI=1S/C22H23N2S2Si/c1-3-4-13-27(2)22-20(23)19-16(15-9-6-5-7-10-15)14-17(24-21(19)26-22)18-11-8-12-25-18/h5-12,14H,3-4,13,23H2,1-2H3/q+1. The van der Waals surface area contributed by atoms with E-state index < -0.39 is 8.80 Å². The van der Waals surface area contributed by atoms with Gasteiger partial charge in [-0.15, -0.1) is 11.3 Å². The lowest BCUT2D eigenvalue weighted by molar-refractivity contribution is 0.877. The highest BCUT2D eigenvalue weighted by Crippen LogP contribution is 2.38. The van der Waals surface area contributed by atoms with Gasteiger partial charge in [0.1, 0.15) is 4.83 Å². The molecule has 2 nitrogen and oxygen atoms in total. The largest absolute Gasteiger partial charge is 0.395 e. The molecule has 0 unspecified atom stereocenters. The van der Waals surface area contributed by atoms with E-state index in [2.05, 4.69) is 67.4 Å². The van der Waals surface area contributed by atoms with Crippen molar-refractivity contribution in [1.82, 2.24) is 4.98 Å². The second-order valence-electron chi connectivity index (χ2n) is 6.81. The minimum Gasteiger partial charge on any atom is -0.395 e. The predicted octanol–water partition coefficient (Wildman–Crippen LogP) is 6.41. The Morgan fingerprint density at radius 2 is 1.93 bits per heavy atom. The van der Waals surface area contributed by atoms with Crippen molar-refractivity contribution in [3.05, 3.63) is 53.9 Å². The zero-order valence-electron chi connectivity index (χ0n) is 15.7. The fourth-order valence-corrected chi connectivity index (χ4v) is 7.94. The second kappa shape index (κ2) is 7.96. The molecule has 0 fully saturated rings. The minimum atomic E-state index is -0.629. The summed E-state index contributed by atoms with van der Waals surface area (Å²) in [6, 6.07) is 18.3. The Bertz CT molecular complexity index is 1040. The molecule has 0 saturated carbocycles. The average molecular weight is 408 g/mol. The summed E-state index contributed by atoms with van der Waals surface area (Å²) in [6.45, 7) is 4.65. The quantitative estimate of drug-likeness (QED) is 0.375. The number of nitrogens with zero attached hydrogens (tertiary/aromatic N) is 1. The molecular weight excluding hydrogens is 384 g/mol. The van der Waals surface area contributed by atoms with Crippen LogP contribution in [0.25, 0.3) is 31.9 Å². The van der Waals surface area contributed by atoms with Gasteiger partial charge in [-0.25, -0.2) is 4.98 Å². The van der Waals surface area contributed by atoms with Crippen LogP contribution in [0.15, 0.2) is 53.9 Å². The fourth-order valence-electron chi connectivity index (χ4n) is 3.39. The van der Waals surface area contributed by atoms with Crippen LogP contribution in [0.5, 0.6) is 0 Å². The number of nitrogens with two attached hydrogens (primary N) is 1. The van der Waals surface area contributed by atoms with Crippen LogP contribution in [-0.4, -0.2) is 13.8 Å². The zero-order chi connectivity index (χ0) is 18.8. The van der Waals surface area contributed by atoms with E-state index in [0.29, 0.717) is 0 Å². The van der Waals surface area contributed by atoms with Gasteiger partial charge in [0.25, 0.3) is 0 Å². The van der Waals surface area contributed by atoms with Crippen LogP contribution in [-0.2, 0) is 0 Å². The molecule has 27 heavy (non-hydrogen) atoms. The molecule has 0 amide bonds. The van der Waals surface area contributed by atoms with Gasteiger partial charge in [-0.05, 0) is 35.1 Å². The highest BCUT2D eigenvalue weighted by Gasteiger charge is 2.31. The van der Waals surface area contributed by atoms with Crippen LogP contribution < -0.4 is 10.2 Å². The van der Waals surface area contributed by atoms with E-state index in [9.17, 15) is 0 Å². The van der Waals surface area contributed by atoms with E-state index in [4.69, 9.17) is 10.7 Å². The van der Waals surface area contributed by atoms with E-state index in [1.165, 1.54) is 39.4 Å². The van der Waals surface area contributed by atoms with Crippen molar-refractivity contribution in [2.75, 3.05) is 5.73 Å². The van der Waals surface area contributed by atoms with Crippen molar-refractivity contribution < 1.29 is 0 Å². The number of thiophene rings is 2. The van der Waals surface area contributed by atoms with E-state index in [0.717, 1.165) is 21.6 Å². The zero-order valence-corrected chi connectivity index (χ0v) is 18.3. The smallest absolute Gasteiger partial charge is 0.362 e. The van der Waals surface area contributed by atoms with Crippen LogP contribution >= 0.6 is 22.7 Å². The summed E-state index contributed by atoms with van der Waals surface area (Å²) in [5.41, 5.74) is 11.1. The van der Waals surface area contributed by atoms with Crippen molar-refractivity contribution in [1.29, 1.82) is 0 Å². The Morgan fingerprint density at radius 1 is 1.11 bits per heavy atom. The van der Waals surface area contributed by atoms with Gasteiger partial charge < -0.3 is 5.73 Å². The average Bonchev–Trinajstić information content (AvgIpc) is 3.35. The number of fused-ring (bicyclic) bond motifs is 1. The molecule has 1 aromatic carbocycles. The van der Waals surface area contributed by atoms with Gasteiger partial charge in [0.2, 0.25) is 0 Å². The SMILES string of the molecule is CCCC[Si+](C)c1sc2nc(-c3cccs3)cc(-c3ccccc3)c2c1N. The summed E-state index contributed by atoms with van der Waals surface area (Å²) in [6.07, 6.45) is 2.51. The molecule has 0 aliphatic carbocycles. The molecule has 4 rings (SSSR count). The van der Waals surface area contributed by atoms with Gasteiger partial charge in [0.05, 0.1) is 28.8 Å². The molecule has 0 radical (unpaired) electrons. The lowest BCUT2D eigenvalue weighted by Gasteiger charge is -2.07. The Kier molecular flexibility index (Phi) is 5.43. The minimum absolute atomic E-state index is 0.629. The Labute approximate surface area is 170 Å². The summed E-state index contributed by atoms with van der Waals surface area (Å²) in [4.78, 5) is 7.29. The molecule has 0 saturated heterocycles. The summed E-state index contributed by atoms with van der Waals surface area (Å²) in [5.74, 6) is 0. The van der Waals surface area contributed by atoms with Gasteiger partial charge >= 0.3 is 8.80 Å². The van der Waals surface area contributed by atoms with Gasteiger partial charge in [-0.2, -0.15) is 0 Å². The first-order valence-corrected chi connectivity index (χ1v) is 13.2. The molecule has 3 aromatic heterocycles. The Balaban J connectivity index is 1.93. The molecule has 0 atom stereocenters. The van der Waals surface area contributed by atoms with E-state index >= 15 is 0 Å². The number of hydrogen-bond donors (Lipinski definition) is 1. The third kappa shape index (κ3) is 3.59. The molecule has 0 aliphatic rings. The van der Waals surface area contributed by atoms with Crippen LogP contribution in [0, 0.1) is 0 Å². The molecule has 0 aliphatic heterocycles. The first kappa shape index (κ1) is 18.4. The molecule has 4 aromatic rings. The lowest BCUT2D eigenvalue weighted by atomic mass is 10.0. The second-order valence-corrected chi connectivity index (χ2v) is 11.7. The Hall–Kier alpha value is -1.95. The number of aromatic nitrogens is 1. The normalized spacial score (nSPS) is 11.2. The number of nitrogen functional groups attached to an aromatic ring is 1. The summed E-state index contributed by atoms with van der Waals surface area (Å²) < 4.78 is 1.39. The topological polar surface area (TPSA) is 38.9 Å². The van der Waals surface area contributed by atoms with Crippen molar-refractivity contribution in [3.8, 4) is 21.7 Å². The van der Waals surface area contributed by atoms with Crippen LogP contribution in [0.2, 0.25) is 12.6 Å². The number of unbranched alkanes of at least 4 members (excludes halogenated alkanes) is 1. The molecule has 0 spiro atoms. The summed E-state index contributed by atoms with van der Waals surface area (Å²) >= 11 is 3.55. The first-order chi connectivity index (χ1) is 13.2. The number of pyridine rings is 1. The first-order valence-electron chi connectivity index (χ1n) is 9.34. The Morgan fingerprint density at radius 3 is 2.63 bits per heavy atom. The molecular formula is C22H23N2S2Si+. The third-order valence-electron chi connectivity index (χ3n) is 4.85. The molecule has 136 valence electrons. The molecule has 5 heteroatoms. The monoisotopic (exact) mass is 407 g/mol. The van der Waals surface area contributed by atoms with Crippen LogP contribution in [0.1, 0.15) is 19.8 Å². The highest BCUT2D eigenvalue weighted by atomic mass is 32.1. The van der Waals surface area contributed by atoms with Gasteiger partial charge in [0, 0.05) is 5.39 Å². The van der Waals surface area contributed by atoms with Crippen LogP contribution in [0.4, 0.5) is 5.69 Å². The van der Waals surface area contributed by atoms with Gasteiger partial charge in [-0.1, -0.05) is 61.1 Å². The maximum Gasteiger partial charge on any atom is 0.362 e. The fraction of sp³-hybridized carbons (Fsp3) is 0.227. The summed E-state index contributed by atoms with van der Waals surface area (Å²) in [7, 11) is -0.629. The molecule has 0 bridgehead atoms. The van der Waals surface area contributed by atoms with Crippen molar-refractivity contribution in [3.63, 3.8) is 0 Å². The predicted molar refractivity (Wildman–Crippen MR) is 124 cm³/mol. The molecule has 2 N–H and O–H groups in total. The van der Waals surface area contributed by atoms with Crippen molar-refractivity contribution in [2.45, 2.75) is 32.4 Å².